The van der Waals surface area contributed by atoms with Crippen LogP contribution in [0.2, 0.25) is 0 Å². The number of nitrogens with zero attached hydrogens (tertiary/aromatic N) is 1. The van der Waals surface area contributed by atoms with E-state index in [2.05, 4.69) is 5.32 Å². The van der Waals surface area contributed by atoms with Crippen LogP contribution in [0.25, 0.3) is 6.08 Å². The molecule has 0 spiro atoms. The highest BCUT2D eigenvalue weighted by atomic mass is 32.2. The van der Waals surface area contributed by atoms with Gasteiger partial charge in [-0.15, -0.1) is 0 Å². The van der Waals surface area contributed by atoms with Crippen molar-refractivity contribution in [2.45, 2.75) is 43.5 Å². The first kappa shape index (κ1) is 19.6. The van der Waals surface area contributed by atoms with Crippen LogP contribution in [0.5, 0.6) is 0 Å². The molecule has 2 N–H and O–H groups in total. The molecule has 1 atom stereocenters. The summed E-state index contributed by atoms with van der Waals surface area (Å²) in [5.74, 6) is -0.303. The first-order chi connectivity index (χ1) is 11.9. The standard InChI is InChI=1S/C18H26N2O4S/c1-15(14-21)19-18(22)11-8-16-6-9-17(10-7-16)25(23,24)20-12-4-2-3-5-13-20/h6-11,15,21H,2-5,12-14H2,1H3,(H,19,22)/b11-8+. The molecule has 1 fully saturated rings. The summed E-state index contributed by atoms with van der Waals surface area (Å²) in [5.41, 5.74) is 0.738. The zero-order valence-corrected chi connectivity index (χ0v) is 15.3. The van der Waals surface area contributed by atoms with Crippen LogP contribution >= 0.6 is 0 Å². The number of aliphatic hydroxyl groups is 1. The molecule has 0 saturated carbocycles. The van der Waals surface area contributed by atoms with Crippen molar-refractivity contribution < 1.29 is 18.3 Å². The van der Waals surface area contributed by atoms with Crippen molar-refractivity contribution in [2.24, 2.45) is 0 Å². The van der Waals surface area contributed by atoms with Crippen LogP contribution in [0.15, 0.2) is 35.2 Å². The summed E-state index contributed by atoms with van der Waals surface area (Å²) >= 11 is 0. The van der Waals surface area contributed by atoms with E-state index in [4.69, 9.17) is 5.11 Å². The number of hydrogen-bond acceptors (Lipinski definition) is 4. The van der Waals surface area contributed by atoms with Crippen molar-refractivity contribution in [3.05, 3.63) is 35.9 Å². The van der Waals surface area contributed by atoms with Gasteiger partial charge in [-0.25, -0.2) is 8.42 Å². The Morgan fingerprint density at radius 1 is 1.20 bits per heavy atom. The van der Waals surface area contributed by atoms with E-state index in [0.29, 0.717) is 13.1 Å². The first-order valence-electron chi connectivity index (χ1n) is 8.63. The maximum atomic E-state index is 12.7. The van der Waals surface area contributed by atoms with Gasteiger partial charge in [0.15, 0.2) is 0 Å². The molecule has 0 aromatic heterocycles. The van der Waals surface area contributed by atoms with E-state index in [1.807, 2.05) is 0 Å². The van der Waals surface area contributed by atoms with Crippen molar-refractivity contribution in [1.82, 2.24) is 9.62 Å². The highest BCUT2D eigenvalue weighted by Gasteiger charge is 2.24. The molecule has 1 aromatic carbocycles. The molecule has 1 aliphatic heterocycles. The van der Waals surface area contributed by atoms with E-state index in [1.54, 1.807) is 41.6 Å². The Hall–Kier alpha value is -1.70. The van der Waals surface area contributed by atoms with Crippen molar-refractivity contribution in [3.8, 4) is 0 Å². The predicted octanol–water partition coefficient (Wildman–Crippen LogP) is 1.76. The van der Waals surface area contributed by atoms with Crippen LogP contribution in [0, 0.1) is 0 Å². The minimum atomic E-state index is -3.45. The molecule has 0 bridgehead atoms. The fraction of sp³-hybridized carbons (Fsp3) is 0.500. The average Bonchev–Trinajstić information content (AvgIpc) is 2.90. The van der Waals surface area contributed by atoms with Crippen molar-refractivity contribution in [3.63, 3.8) is 0 Å². The van der Waals surface area contributed by atoms with Gasteiger partial charge in [-0.3, -0.25) is 4.79 Å². The normalized spacial score (nSPS) is 18.0. The van der Waals surface area contributed by atoms with Crippen molar-refractivity contribution >= 4 is 22.0 Å². The van der Waals surface area contributed by atoms with Crippen molar-refractivity contribution in [2.75, 3.05) is 19.7 Å². The third-order valence-corrected chi connectivity index (χ3v) is 6.09. The summed E-state index contributed by atoms with van der Waals surface area (Å²) in [7, 11) is -3.45. The SMILES string of the molecule is CC(CO)NC(=O)/C=C/c1ccc(S(=O)(=O)N2CCCCCC2)cc1. The molecule has 1 unspecified atom stereocenters. The summed E-state index contributed by atoms with van der Waals surface area (Å²) in [6.45, 7) is 2.73. The number of aliphatic hydroxyl groups excluding tert-OH is 1. The number of hydrogen-bond donors (Lipinski definition) is 2. The smallest absolute Gasteiger partial charge is 0.244 e. The van der Waals surface area contributed by atoms with E-state index < -0.39 is 10.0 Å². The fourth-order valence-corrected chi connectivity index (χ4v) is 4.21. The molecule has 25 heavy (non-hydrogen) atoms. The quantitative estimate of drug-likeness (QED) is 0.751. The zero-order chi connectivity index (χ0) is 18.3. The van der Waals surface area contributed by atoms with Gasteiger partial charge in [-0.2, -0.15) is 4.31 Å². The molecule has 7 heteroatoms. The van der Waals surface area contributed by atoms with Gasteiger partial charge >= 0.3 is 0 Å². The number of rotatable bonds is 6. The third kappa shape index (κ3) is 5.66. The molecular weight excluding hydrogens is 340 g/mol. The van der Waals surface area contributed by atoms with Gasteiger partial charge in [0.05, 0.1) is 11.5 Å². The molecule has 1 aliphatic rings. The van der Waals surface area contributed by atoms with Gasteiger partial charge < -0.3 is 10.4 Å². The lowest BCUT2D eigenvalue weighted by atomic mass is 10.2. The number of carbonyl (C=O) groups excluding carboxylic acids is 1. The molecule has 1 saturated heterocycles. The summed E-state index contributed by atoms with van der Waals surface area (Å²) in [4.78, 5) is 11.9. The fourth-order valence-electron chi connectivity index (χ4n) is 2.69. The Balaban J connectivity index is 2.04. The molecule has 1 aromatic rings. The lowest BCUT2D eigenvalue weighted by Crippen LogP contribution is -2.33. The highest BCUT2D eigenvalue weighted by molar-refractivity contribution is 7.89. The Labute approximate surface area is 149 Å². The van der Waals surface area contributed by atoms with Crippen molar-refractivity contribution in [1.29, 1.82) is 0 Å². The topological polar surface area (TPSA) is 86.7 Å². The van der Waals surface area contributed by atoms with E-state index >= 15 is 0 Å². The monoisotopic (exact) mass is 366 g/mol. The first-order valence-corrected chi connectivity index (χ1v) is 10.1. The van der Waals surface area contributed by atoms with Gasteiger partial charge in [0, 0.05) is 25.2 Å². The Morgan fingerprint density at radius 3 is 2.36 bits per heavy atom. The number of carbonyl (C=O) groups is 1. The largest absolute Gasteiger partial charge is 0.394 e. The maximum Gasteiger partial charge on any atom is 0.244 e. The van der Waals surface area contributed by atoms with Crippen LogP contribution in [0.3, 0.4) is 0 Å². The number of nitrogens with one attached hydrogen (secondary N) is 1. The van der Waals surface area contributed by atoms with Gasteiger partial charge in [0.1, 0.15) is 0 Å². The molecule has 1 heterocycles. The van der Waals surface area contributed by atoms with Crippen LogP contribution < -0.4 is 5.32 Å². The average molecular weight is 366 g/mol. The second-order valence-electron chi connectivity index (χ2n) is 6.31. The van der Waals surface area contributed by atoms with E-state index in [-0.39, 0.29) is 23.5 Å². The van der Waals surface area contributed by atoms with E-state index in [9.17, 15) is 13.2 Å². The van der Waals surface area contributed by atoms with Crippen LogP contribution in [0.4, 0.5) is 0 Å². The van der Waals surface area contributed by atoms with Gasteiger partial charge in [0.2, 0.25) is 15.9 Å². The third-order valence-electron chi connectivity index (χ3n) is 4.17. The summed E-state index contributed by atoms with van der Waals surface area (Å²) in [5, 5.41) is 11.5. The molecule has 1 amide bonds. The van der Waals surface area contributed by atoms with Crippen LogP contribution in [-0.4, -0.2) is 49.5 Å². The number of benzene rings is 1. The Kier molecular flexibility index (Phi) is 7.16. The summed E-state index contributed by atoms with van der Waals surface area (Å²) in [6, 6.07) is 6.22. The van der Waals surface area contributed by atoms with Gasteiger partial charge in [-0.1, -0.05) is 25.0 Å². The molecule has 6 nitrogen and oxygen atoms in total. The van der Waals surface area contributed by atoms with Gasteiger partial charge in [-0.05, 0) is 43.5 Å². The summed E-state index contributed by atoms with van der Waals surface area (Å²) < 4.78 is 26.9. The molecule has 138 valence electrons. The van der Waals surface area contributed by atoms with Crippen LogP contribution in [0.1, 0.15) is 38.2 Å². The highest BCUT2D eigenvalue weighted by Crippen LogP contribution is 2.20. The lowest BCUT2D eigenvalue weighted by molar-refractivity contribution is -0.117. The predicted molar refractivity (Wildman–Crippen MR) is 97.4 cm³/mol. The summed E-state index contributed by atoms with van der Waals surface area (Å²) in [6.07, 6.45) is 6.94. The zero-order valence-electron chi connectivity index (χ0n) is 14.5. The number of amides is 1. The Bertz CT molecular complexity index is 690. The Morgan fingerprint density at radius 2 is 1.80 bits per heavy atom. The second kappa shape index (κ2) is 9.12. The molecule has 0 radical (unpaired) electrons. The van der Waals surface area contributed by atoms with Crippen LogP contribution in [-0.2, 0) is 14.8 Å². The molecular formula is C18H26N2O4S. The number of sulfonamides is 1. The van der Waals surface area contributed by atoms with Gasteiger partial charge in [0.25, 0.3) is 0 Å². The molecule has 2 rings (SSSR count). The maximum absolute atomic E-state index is 12.7. The minimum Gasteiger partial charge on any atom is -0.394 e. The van der Waals surface area contributed by atoms with E-state index in [1.165, 1.54) is 6.08 Å². The van der Waals surface area contributed by atoms with E-state index in [0.717, 1.165) is 31.2 Å². The molecule has 0 aliphatic carbocycles. The minimum absolute atomic E-state index is 0.122. The second-order valence-corrected chi connectivity index (χ2v) is 8.25. The lowest BCUT2D eigenvalue weighted by Gasteiger charge is -2.19.